The fraction of sp³-hybridized carbons (Fsp3) is 0.630. The van der Waals surface area contributed by atoms with Crippen LogP contribution in [0, 0.1) is 29.1 Å². The van der Waals surface area contributed by atoms with Gasteiger partial charge in [0.25, 0.3) is 0 Å². The molecule has 4 saturated carbocycles. The SMILES string of the molecule is C/C(=C\C(=O)Nc1ccccc1CN1CCCC(C(N)=O)C1)C12CC3CC(CC(C3)C1)C2. The number of carbonyl (C=O) groups is 2. The molecule has 0 spiro atoms. The Kier molecular flexibility index (Phi) is 5.87. The van der Waals surface area contributed by atoms with Crippen molar-refractivity contribution in [3.8, 4) is 0 Å². The number of carbonyl (C=O) groups excluding carboxylic acids is 2. The molecule has 0 radical (unpaired) electrons. The summed E-state index contributed by atoms with van der Waals surface area (Å²) in [7, 11) is 0. The first-order valence-corrected chi connectivity index (χ1v) is 12.5. The normalized spacial score (nSPS) is 34.5. The molecule has 5 nitrogen and oxygen atoms in total. The molecule has 5 aliphatic rings. The van der Waals surface area contributed by atoms with Crippen molar-refractivity contribution in [1.29, 1.82) is 0 Å². The second kappa shape index (κ2) is 8.66. The molecular formula is C27H37N3O2. The third-order valence-electron chi connectivity index (χ3n) is 8.80. The second-order valence-electron chi connectivity index (χ2n) is 11.1. The molecule has 172 valence electrons. The Bertz CT molecular complexity index is 886. The van der Waals surface area contributed by atoms with E-state index in [9.17, 15) is 9.59 Å². The van der Waals surface area contributed by atoms with Crippen molar-refractivity contribution < 1.29 is 9.59 Å². The highest BCUT2D eigenvalue weighted by molar-refractivity contribution is 6.00. The fourth-order valence-electron chi connectivity index (χ4n) is 7.56. The van der Waals surface area contributed by atoms with Gasteiger partial charge in [0.05, 0.1) is 5.92 Å². The molecule has 32 heavy (non-hydrogen) atoms. The van der Waals surface area contributed by atoms with Gasteiger partial charge in [-0.05, 0) is 99.6 Å². The lowest BCUT2D eigenvalue weighted by molar-refractivity contribution is -0.123. The Morgan fingerprint density at radius 3 is 2.44 bits per heavy atom. The van der Waals surface area contributed by atoms with E-state index in [4.69, 9.17) is 5.73 Å². The maximum Gasteiger partial charge on any atom is 0.248 e. The average Bonchev–Trinajstić information content (AvgIpc) is 2.74. The van der Waals surface area contributed by atoms with Gasteiger partial charge >= 0.3 is 0 Å². The van der Waals surface area contributed by atoms with Crippen molar-refractivity contribution in [2.75, 3.05) is 18.4 Å². The van der Waals surface area contributed by atoms with Crippen LogP contribution in [0.5, 0.6) is 0 Å². The van der Waals surface area contributed by atoms with E-state index >= 15 is 0 Å². The van der Waals surface area contributed by atoms with Gasteiger partial charge in [0, 0.05) is 24.9 Å². The van der Waals surface area contributed by atoms with Gasteiger partial charge in [-0.25, -0.2) is 0 Å². The standard InChI is InChI=1S/C27H37N3O2/c1-18(27-13-19-10-20(14-27)12-21(11-19)15-27)9-25(31)29-24-7-3-2-5-22(24)16-30-8-4-6-23(17-30)26(28)32/h2-3,5,7,9,19-21,23H,4,6,8,10-17H2,1H3,(H2,28,32)(H,29,31)/b18-9+. The molecule has 1 aromatic rings. The topological polar surface area (TPSA) is 75.4 Å². The molecule has 1 heterocycles. The quantitative estimate of drug-likeness (QED) is 0.647. The Hall–Kier alpha value is -2.14. The van der Waals surface area contributed by atoms with Crippen LogP contribution in [-0.4, -0.2) is 29.8 Å². The van der Waals surface area contributed by atoms with Crippen molar-refractivity contribution >= 4 is 17.5 Å². The predicted molar refractivity (Wildman–Crippen MR) is 127 cm³/mol. The summed E-state index contributed by atoms with van der Waals surface area (Å²) in [5.74, 6) is 2.34. The van der Waals surface area contributed by atoms with E-state index < -0.39 is 0 Å². The van der Waals surface area contributed by atoms with Crippen molar-refractivity contribution in [2.24, 2.45) is 34.8 Å². The molecular weight excluding hydrogens is 398 g/mol. The highest BCUT2D eigenvalue weighted by Gasteiger charge is 2.51. The first kappa shape index (κ1) is 21.7. The average molecular weight is 436 g/mol. The minimum atomic E-state index is -0.207. The van der Waals surface area contributed by atoms with E-state index in [0.717, 1.165) is 54.9 Å². The van der Waals surface area contributed by atoms with E-state index in [1.807, 2.05) is 24.3 Å². The first-order valence-electron chi connectivity index (χ1n) is 12.5. The molecule has 1 unspecified atom stereocenters. The number of likely N-dealkylation sites (tertiary alicyclic amines) is 1. The Morgan fingerprint density at radius 2 is 1.78 bits per heavy atom. The van der Waals surface area contributed by atoms with Crippen LogP contribution in [0.3, 0.4) is 0 Å². The summed E-state index contributed by atoms with van der Waals surface area (Å²) < 4.78 is 0. The number of para-hydroxylation sites is 1. The first-order chi connectivity index (χ1) is 15.4. The van der Waals surface area contributed by atoms with Gasteiger partial charge in [-0.3, -0.25) is 14.5 Å². The second-order valence-corrected chi connectivity index (χ2v) is 11.1. The van der Waals surface area contributed by atoms with Crippen molar-refractivity contribution in [1.82, 2.24) is 4.90 Å². The lowest BCUT2D eigenvalue weighted by Crippen LogP contribution is -2.46. The minimum absolute atomic E-state index is 0.0145. The maximum atomic E-state index is 13.0. The number of allylic oxidation sites excluding steroid dienone is 1. The number of primary amides is 1. The van der Waals surface area contributed by atoms with E-state index in [0.29, 0.717) is 6.54 Å². The zero-order valence-electron chi connectivity index (χ0n) is 19.3. The Morgan fingerprint density at radius 1 is 1.12 bits per heavy atom. The lowest BCUT2D eigenvalue weighted by atomic mass is 9.48. The third-order valence-corrected chi connectivity index (χ3v) is 8.80. The van der Waals surface area contributed by atoms with E-state index in [-0.39, 0.29) is 23.1 Å². The number of nitrogens with zero attached hydrogens (tertiary/aromatic N) is 1. The molecule has 4 bridgehead atoms. The summed E-state index contributed by atoms with van der Waals surface area (Å²) in [6.07, 6.45) is 11.8. The maximum absolute atomic E-state index is 13.0. The van der Waals surface area contributed by atoms with Gasteiger partial charge in [-0.1, -0.05) is 23.8 Å². The fourth-order valence-corrected chi connectivity index (χ4v) is 7.56. The number of anilines is 1. The number of nitrogens with two attached hydrogens (primary N) is 1. The molecule has 1 aromatic carbocycles. The van der Waals surface area contributed by atoms with Crippen LogP contribution in [0.15, 0.2) is 35.9 Å². The zero-order valence-corrected chi connectivity index (χ0v) is 19.3. The largest absolute Gasteiger partial charge is 0.369 e. The molecule has 1 atom stereocenters. The van der Waals surface area contributed by atoms with Crippen molar-refractivity contribution in [3.05, 3.63) is 41.5 Å². The number of piperidine rings is 1. The molecule has 6 rings (SSSR count). The molecule has 1 saturated heterocycles. The number of amides is 2. The highest BCUT2D eigenvalue weighted by Crippen LogP contribution is 2.62. The smallest absolute Gasteiger partial charge is 0.248 e. The van der Waals surface area contributed by atoms with Crippen LogP contribution in [0.2, 0.25) is 0 Å². The lowest BCUT2D eigenvalue weighted by Gasteiger charge is -2.57. The summed E-state index contributed by atoms with van der Waals surface area (Å²) in [4.78, 5) is 26.9. The molecule has 5 fully saturated rings. The summed E-state index contributed by atoms with van der Waals surface area (Å²) in [5, 5.41) is 3.16. The number of benzene rings is 1. The van der Waals surface area contributed by atoms with Crippen LogP contribution in [-0.2, 0) is 16.1 Å². The van der Waals surface area contributed by atoms with E-state index in [2.05, 4.69) is 23.2 Å². The van der Waals surface area contributed by atoms with Gasteiger partial charge in [-0.15, -0.1) is 0 Å². The number of nitrogens with one attached hydrogen (secondary N) is 1. The van der Waals surface area contributed by atoms with E-state index in [1.165, 1.54) is 44.1 Å². The number of rotatable bonds is 6. The number of hydrogen-bond acceptors (Lipinski definition) is 3. The molecule has 5 heteroatoms. The third kappa shape index (κ3) is 4.36. The van der Waals surface area contributed by atoms with Gasteiger partial charge in [0.15, 0.2) is 0 Å². The monoisotopic (exact) mass is 435 g/mol. The molecule has 1 aliphatic heterocycles. The molecule has 4 aliphatic carbocycles. The van der Waals surface area contributed by atoms with Crippen molar-refractivity contribution in [3.63, 3.8) is 0 Å². The summed E-state index contributed by atoms with van der Waals surface area (Å²) >= 11 is 0. The van der Waals surface area contributed by atoms with Gasteiger partial charge in [0.1, 0.15) is 0 Å². The predicted octanol–water partition coefficient (Wildman–Crippen LogP) is 4.49. The Balaban J connectivity index is 1.26. The van der Waals surface area contributed by atoms with Crippen LogP contribution < -0.4 is 11.1 Å². The summed E-state index contributed by atoms with van der Waals surface area (Å²) in [6.45, 7) is 4.56. The highest BCUT2D eigenvalue weighted by atomic mass is 16.1. The molecule has 0 aromatic heterocycles. The minimum Gasteiger partial charge on any atom is -0.369 e. The van der Waals surface area contributed by atoms with Crippen LogP contribution in [0.1, 0.15) is 63.9 Å². The summed E-state index contributed by atoms with van der Waals surface area (Å²) in [5.41, 5.74) is 9.05. The molecule has 3 N–H and O–H groups in total. The van der Waals surface area contributed by atoms with Crippen LogP contribution >= 0.6 is 0 Å². The summed E-state index contributed by atoms with van der Waals surface area (Å²) in [6, 6.07) is 8.03. The van der Waals surface area contributed by atoms with E-state index in [1.54, 1.807) is 0 Å². The van der Waals surface area contributed by atoms with Gasteiger partial charge in [-0.2, -0.15) is 0 Å². The molecule has 2 amide bonds. The van der Waals surface area contributed by atoms with Gasteiger partial charge < -0.3 is 11.1 Å². The van der Waals surface area contributed by atoms with Gasteiger partial charge in [0.2, 0.25) is 11.8 Å². The van der Waals surface area contributed by atoms with Crippen molar-refractivity contribution in [2.45, 2.75) is 64.8 Å². The zero-order chi connectivity index (χ0) is 22.3. The van der Waals surface area contributed by atoms with Crippen LogP contribution in [0.4, 0.5) is 5.69 Å². The van der Waals surface area contributed by atoms with Crippen LogP contribution in [0.25, 0.3) is 0 Å². The Labute approximate surface area is 191 Å². The number of hydrogen-bond donors (Lipinski definition) is 2.